The van der Waals surface area contributed by atoms with Crippen molar-refractivity contribution in [1.29, 1.82) is 0 Å². The number of hydrogen-bond acceptors (Lipinski definition) is 2. The molecule has 1 saturated carbocycles. The van der Waals surface area contributed by atoms with Gasteiger partial charge in [0.2, 0.25) is 0 Å². The van der Waals surface area contributed by atoms with E-state index in [1.54, 1.807) is 0 Å². The molecule has 2 atom stereocenters. The van der Waals surface area contributed by atoms with Crippen LogP contribution in [0.2, 0.25) is 0 Å². The lowest BCUT2D eigenvalue weighted by Crippen LogP contribution is -2.18. The summed E-state index contributed by atoms with van der Waals surface area (Å²) in [6, 6.07) is 0. The highest BCUT2D eigenvalue weighted by molar-refractivity contribution is 5.71. The molecule has 0 aromatic heterocycles. The van der Waals surface area contributed by atoms with E-state index in [1.807, 2.05) is 6.92 Å². The highest BCUT2D eigenvalue weighted by Crippen LogP contribution is 2.32. The standard InChI is InChI=1S/C14H26O2/c1-11(13-7-5-4-6-8-13)9-10-12(2)14(15)16-3/h11-13H,4-10H2,1-3H3. The Kier molecular flexibility index (Phi) is 5.86. The van der Waals surface area contributed by atoms with Gasteiger partial charge in [0.05, 0.1) is 13.0 Å². The average Bonchev–Trinajstić information content (AvgIpc) is 2.35. The first-order valence-corrected chi connectivity index (χ1v) is 6.73. The van der Waals surface area contributed by atoms with E-state index in [0.29, 0.717) is 0 Å². The van der Waals surface area contributed by atoms with Gasteiger partial charge < -0.3 is 4.74 Å². The molecule has 0 saturated heterocycles. The fraction of sp³-hybridized carbons (Fsp3) is 0.929. The molecular formula is C14H26O2. The van der Waals surface area contributed by atoms with Crippen LogP contribution in [0, 0.1) is 17.8 Å². The second-order valence-electron chi connectivity index (χ2n) is 5.38. The van der Waals surface area contributed by atoms with Gasteiger partial charge in [0.1, 0.15) is 0 Å². The minimum Gasteiger partial charge on any atom is -0.469 e. The molecule has 0 aliphatic heterocycles. The topological polar surface area (TPSA) is 26.3 Å². The summed E-state index contributed by atoms with van der Waals surface area (Å²) in [7, 11) is 1.48. The fourth-order valence-electron chi connectivity index (χ4n) is 2.77. The summed E-state index contributed by atoms with van der Waals surface area (Å²) in [6.45, 7) is 4.32. The smallest absolute Gasteiger partial charge is 0.308 e. The third-order valence-electron chi connectivity index (χ3n) is 4.11. The maximum atomic E-state index is 11.3. The summed E-state index contributed by atoms with van der Waals surface area (Å²) in [6.07, 6.45) is 9.16. The minimum absolute atomic E-state index is 0.0594. The van der Waals surface area contributed by atoms with Crippen molar-refractivity contribution in [2.75, 3.05) is 7.11 Å². The molecule has 0 aromatic rings. The quantitative estimate of drug-likeness (QED) is 0.667. The van der Waals surface area contributed by atoms with Crippen LogP contribution in [0.4, 0.5) is 0 Å². The van der Waals surface area contributed by atoms with Crippen molar-refractivity contribution < 1.29 is 9.53 Å². The van der Waals surface area contributed by atoms with Crippen LogP contribution in [0.25, 0.3) is 0 Å². The van der Waals surface area contributed by atoms with Crippen molar-refractivity contribution in [3.05, 3.63) is 0 Å². The zero-order valence-electron chi connectivity index (χ0n) is 11.0. The summed E-state index contributed by atoms with van der Waals surface area (Å²) in [5, 5.41) is 0. The summed E-state index contributed by atoms with van der Waals surface area (Å²) >= 11 is 0. The van der Waals surface area contributed by atoms with Gasteiger partial charge in [-0.15, -0.1) is 0 Å². The number of carbonyl (C=O) groups is 1. The van der Waals surface area contributed by atoms with E-state index in [2.05, 4.69) is 6.92 Å². The molecule has 0 bridgehead atoms. The predicted octanol–water partition coefficient (Wildman–Crippen LogP) is 3.79. The summed E-state index contributed by atoms with van der Waals surface area (Å²) < 4.78 is 4.75. The Bertz CT molecular complexity index is 207. The Morgan fingerprint density at radius 3 is 2.38 bits per heavy atom. The number of hydrogen-bond donors (Lipinski definition) is 0. The molecule has 2 unspecified atom stereocenters. The molecule has 1 aliphatic rings. The SMILES string of the molecule is COC(=O)C(C)CCC(C)C1CCCCC1. The Labute approximate surface area is 99.8 Å². The summed E-state index contributed by atoms with van der Waals surface area (Å²) in [5.41, 5.74) is 0. The maximum absolute atomic E-state index is 11.3. The zero-order valence-corrected chi connectivity index (χ0v) is 11.0. The summed E-state index contributed by atoms with van der Waals surface area (Å²) in [4.78, 5) is 11.3. The van der Waals surface area contributed by atoms with Crippen LogP contribution >= 0.6 is 0 Å². The molecule has 1 aliphatic carbocycles. The van der Waals surface area contributed by atoms with Crippen molar-refractivity contribution in [3.8, 4) is 0 Å². The third-order valence-corrected chi connectivity index (χ3v) is 4.11. The van der Waals surface area contributed by atoms with Gasteiger partial charge in [-0.1, -0.05) is 46.0 Å². The van der Waals surface area contributed by atoms with Gasteiger partial charge in [-0.3, -0.25) is 4.79 Å². The molecule has 1 fully saturated rings. The number of rotatable bonds is 5. The van der Waals surface area contributed by atoms with Crippen LogP contribution in [-0.2, 0) is 9.53 Å². The molecule has 0 amide bonds. The highest BCUT2D eigenvalue weighted by atomic mass is 16.5. The molecule has 94 valence electrons. The first-order valence-electron chi connectivity index (χ1n) is 6.73. The van der Waals surface area contributed by atoms with Crippen molar-refractivity contribution >= 4 is 5.97 Å². The van der Waals surface area contributed by atoms with Crippen molar-refractivity contribution in [2.24, 2.45) is 17.8 Å². The highest BCUT2D eigenvalue weighted by Gasteiger charge is 2.21. The van der Waals surface area contributed by atoms with Gasteiger partial charge in [-0.25, -0.2) is 0 Å². The van der Waals surface area contributed by atoms with E-state index in [-0.39, 0.29) is 11.9 Å². The lowest BCUT2D eigenvalue weighted by Gasteiger charge is -2.28. The molecular weight excluding hydrogens is 200 g/mol. The Hall–Kier alpha value is -0.530. The first kappa shape index (κ1) is 13.5. The van der Waals surface area contributed by atoms with E-state index < -0.39 is 0 Å². The molecule has 0 N–H and O–H groups in total. The largest absolute Gasteiger partial charge is 0.469 e. The van der Waals surface area contributed by atoms with Gasteiger partial charge in [0.15, 0.2) is 0 Å². The number of carbonyl (C=O) groups excluding carboxylic acids is 1. The van der Waals surface area contributed by atoms with E-state index in [0.717, 1.165) is 18.3 Å². The van der Waals surface area contributed by atoms with Crippen molar-refractivity contribution in [3.63, 3.8) is 0 Å². The molecule has 16 heavy (non-hydrogen) atoms. The normalized spacial score (nSPS) is 21.4. The Morgan fingerprint density at radius 2 is 1.81 bits per heavy atom. The molecule has 0 aromatic carbocycles. The van der Waals surface area contributed by atoms with Crippen LogP contribution in [0.5, 0.6) is 0 Å². The zero-order chi connectivity index (χ0) is 12.0. The predicted molar refractivity (Wildman–Crippen MR) is 66.2 cm³/mol. The molecule has 0 spiro atoms. The van der Waals surface area contributed by atoms with E-state index >= 15 is 0 Å². The number of methoxy groups -OCH3 is 1. The third kappa shape index (κ3) is 4.15. The molecule has 0 heterocycles. The van der Waals surface area contributed by atoms with Crippen LogP contribution < -0.4 is 0 Å². The monoisotopic (exact) mass is 226 g/mol. The second-order valence-corrected chi connectivity index (χ2v) is 5.38. The Morgan fingerprint density at radius 1 is 1.19 bits per heavy atom. The van der Waals surface area contributed by atoms with Gasteiger partial charge in [0, 0.05) is 0 Å². The van der Waals surface area contributed by atoms with Crippen molar-refractivity contribution in [1.82, 2.24) is 0 Å². The maximum Gasteiger partial charge on any atom is 0.308 e. The van der Waals surface area contributed by atoms with Gasteiger partial charge in [-0.05, 0) is 24.7 Å². The molecule has 2 nitrogen and oxygen atoms in total. The van der Waals surface area contributed by atoms with Gasteiger partial charge >= 0.3 is 5.97 Å². The van der Waals surface area contributed by atoms with Crippen molar-refractivity contribution in [2.45, 2.75) is 58.8 Å². The summed E-state index contributed by atoms with van der Waals surface area (Å²) in [5.74, 6) is 1.68. The van der Waals surface area contributed by atoms with E-state index in [1.165, 1.54) is 45.6 Å². The van der Waals surface area contributed by atoms with Crippen LogP contribution in [0.3, 0.4) is 0 Å². The minimum atomic E-state index is -0.0594. The fourth-order valence-corrected chi connectivity index (χ4v) is 2.77. The van der Waals surface area contributed by atoms with Gasteiger partial charge in [0.25, 0.3) is 0 Å². The second kappa shape index (κ2) is 6.93. The van der Waals surface area contributed by atoms with Crippen LogP contribution in [0.15, 0.2) is 0 Å². The Balaban J connectivity index is 2.23. The van der Waals surface area contributed by atoms with E-state index in [9.17, 15) is 4.79 Å². The average molecular weight is 226 g/mol. The van der Waals surface area contributed by atoms with E-state index in [4.69, 9.17) is 4.74 Å². The molecule has 2 heteroatoms. The van der Waals surface area contributed by atoms with Gasteiger partial charge in [-0.2, -0.15) is 0 Å². The molecule has 0 radical (unpaired) electrons. The van der Waals surface area contributed by atoms with Crippen LogP contribution in [0.1, 0.15) is 58.8 Å². The first-order chi connectivity index (χ1) is 7.65. The number of esters is 1. The lowest BCUT2D eigenvalue weighted by atomic mass is 9.78. The molecule has 1 rings (SSSR count). The van der Waals surface area contributed by atoms with Crippen LogP contribution in [-0.4, -0.2) is 13.1 Å². The lowest BCUT2D eigenvalue weighted by molar-refractivity contribution is -0.145. The number of ether oxygens (including phenoxy) is 1.